The average Bonchev–Trinajstić information content (AvgIpc) is 3.19. The van der Waals surface area contributed by atoms with Crippen LogP contribution in [0.4, 0.5) is 0 Å². The van der Waals surface area contributed by atoms with Gasteiger partial charge in [-0.05, 0) is 78.4 Å². The molecule has 0 unspecified atom stereocenters. The Hall–Kier alpha value is -2.22. The second-order valence-electron chi connectivity index (χ2n) is 9.78. The number of fused-ring (bicyclic) bond motifs is 1. The van der Waals surface area contributed by atoms with Gasteiger partial charge in [0.2, 0.25) is 0 Å². The molecule has 2 aliphatic rings. The molecule has 0 aromatic heterocycles. The first-order valence-electron chi connectivity index (χ1n) is 12.5. The van der Waals surface area contributed by atoms with Crippen molar-refractivity contribution >= 4 is 32.8 Å². The molecule has 0 aliphatic carbocycles. The van der Waals surface area contributed by atoms with E-state index in [0.29, 0.717) is 11.5 Å². The predicted molar refractivity (Wildman–Crippen MR) is 152 cm³/mol. The molecule has 2 heterocycles. The minimum absolute atomic E-state index is 0.0766. The zero-order valence-corrected chi connectivity index (χ0v) is 24.2. The van der Waals surface area contributed by atoms with Crippen LogP contribution in [-0.2, 0) is 26.2 Å². The fraction of sp³-hybridized carbons (Fsp3) is 0.357. The molecule has 2 aliphatic heterocycles. The third-order valence-electron chi connectivity index (χ3n) is 6.48. The quantitative estimate of drug-likeness (QED) is 0.365. The minimum atomic E-state index is -4.00. The van der Waals surface area contributed by atoms with Gasteiger partial charge < -0.3 is 18.9 Å². The van der Waals surface area contributed by atoms with E-state index >= 15 is 0 Å². The van der Waals surface area contributed by atoms with E-state index in [9.17, 15) is 8.42 Å². The second-order valence-corrected chi connectivity index (χ2v) is 12.7. The summed E-state index contributed by atoms with van der Waals surface area (Å²) in [6.45, 7) is 3.98. The van der Waals surface area contributed by atoms with Crippen LogP contribution in [0, 0.1) is 3.57 Å². The van der Waals surface area contributed by atoms with Crippen molar-refractivity contribution in [2.45, 2.75) is 50.5 Å². The summed E-state index contributed by atoms with van der Waals surface area (Å²) in [5.74, 6) is 0.377. The van der Waals surface area contributed by atoms with E-state index in [2.05, 4.69) is 27.3 Å². The highest BCUT2D eigenvalue weighted by molar-refractivity contribution is 14.1. The Labute approximate surface area is 237 Å². The number of hydrogen-bond acceptors (Lipinski definition) is 6. The van der Waals surface area contributed by atoms with Crippen molar-refractivity contribution in [2.24, 2.45) is 0 Å². The summed E-state index contributed by atoms with van der Waals surface area (Å²) in [6.07, 6.45) is -1.21. The fourth-order valence-electron chi connectivity index (χ4n) is 4.82. The first-order valence-corrected chi connectivity index (χ1v) is 15.0. The number of nitrogens with zero attached hydrogens (tertiary/aromatic N) is 1. The van der Waals surface area contributed by atoms with Gasteiger partial charge in [-0.1, -0.05) is 48.5 Å². The molecule has 2 saturated heterocycles. The normalized spacial score (nSPS) is 26.3. The maximum absolute atomic E-state index is 13.9. The van der Waals surface area contributed by atoms with Crippen LogP contribution in [0.15, 0.2) is 84.9 Å². The molecule has 10 heteroatoms. The lowest BCUT2D eigenvalue weighted by Gasteiger charge is -2.32. The fourth-order valence-corrected chi connectivity index (χ4v) is 7.00. The third-order valence-corrected chi connectivity index (χ3v) is 8.77. The van der Waals surface area contributed by atoms with Crippen LogP contribution < -0.4 is 14.2 Å². The van der Waals surface area contributed by atoms with Crippen LogP contribution in [-0.4, -0.2) is 56.0 Å². The number of para-hydroxylation sites is 2. The van der Waals surface area contributed by atoms with E-state index in [1.807, 2.05) is 98.8 Å². The molecular formula is C28H31IN2O6S. The molecule has 0 amide bonds. The van der Waals surface area contributed by atoms with Crippen molar-refractivity contribution in [3.05, 3.63) is 94.1 Å². The van der Waals surface area contributed by atoms with Crippen molar-refractivity contribution in [2.75, 3.05) is 13.2 Å². The van der Waals surface area contributed by atoms with Gasteiger partial charge in [0.25, 0.3) is 10.2 Å². The largest absolute Gasteiger partial charge is 0.492 e. The summed E-state index contributed by atoms with van der Waals surface area (Å²) in [4.78, 5) is 0. The standard InChI is InChI=1S/C28H31IN2O6S/c1-28(2)36-26-24(18-34-22-12-5-3-6-13-22)30-38(32,33)31(17-20-10-9-11-21(29)16-20)25(27(26)37-28)19-35-23-14-7-4-8-15-23/h3-16,24-27,30H,17-19H2,1-2H3/t24-,25-,26+,27+/m1/s1. The van der Waals surface area contributed by atoms with Gasteiger partial charge in [-0.15, -0.1) is 0 Å². The maximum Gasteiger partial charge on any atom is 0.280 e. The smallest absolute Gasteiger partial charge is 0.280 e. The lowest BCUT2D eigenvalue weighted by molar-refractivity contribution is -0.154. The van der Waals surface area contributed by atoms with Gasteiger partial charge in [0, 0.05) is 10.1 Å². The first-order chi connectivity index (χ1) is 18.2. The lowest BCUT2D eigenvalue weighted by atomic mass is 10.00. The molecule has 2 fully saturated rings. The van der Waals surface area contributed by atoms with E-state index < -0.39 is 40.3 Å². The van der Waals surface area contributed by atoms with Crippen LogP contribution in [0.2, 0.25) is 0 Å². The summed E-state index contributed by atoms with van der Waals surface area (Å²) in [7, 11) is -4.00. The van der Waals surface area contributed by atoms with Gasteiger partial charge >= 0.3 is 0 Å². The van der Waals surface area contributed by atoms with Crippen LogP contribution in [0.25, 0.3) is 0 Å². The molecular weight excluding hydrogens is 619 g/mol. The van der Waals surface area contributed by atoms with E-state index in [4.69, 9.17) is 18.9 Å². The molecule has 0 saturated carbocycles. The van der Waals surface area contributed by atoms with Crippen LogP contribution in [0.3, 0.4) is 0 Å². The average molecular weight is 651 g/mol. The predicted octanol–water partition coefficient (Wildman–Crippen LogP) is 4.36. The number of halogens is 1. The van der Waals surface area contributed by atoms with E-state index in [1.54, 1.807) is 0 Å². The summed E-state index contributed by atoms with van der Waals surface area (Å²) in [5.41, 5.74) is 0.862. The number of nitrogens with one attached hydrogen (secondary N) is 1. The zero-order chi connectivity index (χ0) is 26.8. The summed E-state index contributed by atoms with van der Waals surface area (Å²) < 4.78 is 58.0. The van der Waals surface area contributed by atoms with Crippen LogP contribution in [0.1, 0.15) is 19.4 Å². The first kappa shape index (κ1) is 27.4. The SMILES string of the molecule is CC1(C)O[C@@H]2[C@@H](O1)[C@@H](COc1ccccc1)NS(=O)(=O)N(Cc1cccc(I)c1)[C@@H]2COc1ccccc1. The molecule has 8 nitrogen and oxygen atoms in total. The van der Waals surface area contributed by atoms with Gasteiger partial charge in [-0.2, -0.15) is 17.4 Å². The van der Waals surface area contributed by atoms with Gasteiger partial charge in [0.05, 0.1) is 12.1 Å². The van der Waals surface area contributed by atoms with Crippen molar-refractivity contribution in [3.8, 4) is 11.5 Å². The maximum atomic E-state index is 13.9. The van der Waals surface area contributed by atoms with Crippen molar-refractivity contribution in [1.82, 2.24) is 9.03 Å². The van der Waals surface area contributed by atoms with E-state index in [-0.39, 0.29) is 19.8 Å². The molecule has 1 N–H and O–H groups in total. The highest BCUT2D eigenvalue weighted by atomic mass is 127. The second kappa shape index (κ2) is 11.5. The molecule has 202 valence electrons. The Kier molecular flexibility index (Phi) is 8.27. The summed E-state index contributed by atoms with van der Waals surface area (Å²) in [5, 5.41) is 0. The Morgan fingerprint density at radius 2 is 1.47 bits per heavy atom. The molecule has 3 aromatic rings. The van der Waals surface area contributed by atoms with Crippen molar-refractivity contribution in [1.29, 1.82) is 0 Å². The Bertz CT molecular complexity index is 1330. The monoisotopic (exact) mass is 650 g/mol. The molecule has 3 aromatic carbocycles. The number of ether oxygens (including phenoxy) is 4. The molecule has 38 heavy (non-hydrogen) atoms. The molecule has 5 rings (SSSR count). The number of rotatable bonds is 8. The highest BCUT2D eigenvalue weighted by Crippen LogP contribution is 2.37. The number of hydrogen-bond donors (Lipinski definition) is 1. The minimum Gasteiger partial charge on any atom is -0.492 e. The molecule has 0 spiro atoms. The zero-order valence-electron chi connectivity index (χ0n) is 21.2. The topological polar surface area (TPSA) is 86.3 Å². The highest BCUT2D eigenvalue weighted by Gasteiger charge is 2.55. The summed E-state index contributed by atoms with van der Waals surface area (Å²) >= 11 is 2.23. The summed E-state index contributed by atoms with van der Waals surface area (Å²) in [6, 6.07) is 25.1. The van der Waals surface area contributed by atoms with E-state index in [0.717, 1.165) is 9.13 Å². The Morgan fingerprint density at radius 3 is 2.11 bits per heavy atom. The number of benzene rings is 3. The third kappa shape index (κ3) is 6.49. The van der Waals surface area contributed by atoms with Gasteiger partial charge in [-0.3, -0.25) is 0 Å². The Morgan fingerprint density at radius 1 is 0.868 bits per heavy atom. The Balaban J connectivity index is 1.50. The van der Waals surface area contributed by atoms with Crippen molar-refractivity contribution in [3.63, 3.8) is 0 Å². The molecule has 0 bridgehead atoms. The van der Waals surface area contributed by atoms with Gasteiger partial charge in [0.1, 0.15) is 36.9 Å². The lowest BCUT2D eigenvalue weighted by Crippen LogP contribution is -2.52. The van der Waals surface area contributed by atoms with Crippen LogP contribution >= 0.6 is 22.6 Å². The van der Waals surface area contributed by atoms with E-state index in [1.165, 1.54) is 4.31 Å². The van der Waals surface area contributed by atoms with Gasteiger partial charge in [-0.25, -0.2) is 0 Å². The van der Waals surface area contributed by atoms with Crippen molar-refractivity contribution < 1.29 is 27.4 Å². The molecule has 4 atom stereocenters. The molecule has 0 radical (unpaired) electrons. The van der Waals surface area contributed by atoms with Crippen LogP contribution in [0.5, 0.6) is 11.5 Å². The van der Waals surface area contributed by atoms with Gasteiger partial charge in [0.15, 0.2) is 5.79 Å².